The summed E-state index contributed by atoms with van der Waals surface area (Å²) in [4.78, 5) is 6.32. The van der Waals surface area contributed by atoms with Crippen LogP contribution in [0.1, 0.15) is 29.3 Å². The Morgan fingerprint density at radius 3 is 2.40 bits per heavy atom. The summed E-state index contributed by atoms with van der Waals surface area (Å²) in [6.07, 6.45) is -2.44. The minimum atomic E-state index is -2.44. The van der Waals surface area contributed by atoms with Crippen LogP contribution in [0.4, 0.5) is 8.78 Å². The van der Waals surface area contributed by atoms with Gasteiger partial charge < -0.3 is 5.73 Å². The first-order valence-corrected chi connectivity index (χ1v) is 7.21. The number of hydrogen-bond donors (Lipinski definition) is 1. The van der Waals surface area contributed by atoms with E-state index >= 15 is 0 Å². The van der Waals surface area contributed by atoms with Gasteiger partial charge in [0, 0.05) is 30.1 Å². The Balaban J connectivity index is 2.10. The lowest BCUT2D eigenvalue weighted by molar-refractivity contribution is 0.151. The molecule has 0 spiro atoms. The summed E-state index contributed by atoms with van der Waals surface area (Å²) in [5, 5.41) is 1.99. The minimum absolute atomic E-state index is 0.0107. The van der Waals surface area contributed by atoms with Gasteiger partial charge in [0.25, 0.3) is 6.43 Å². The van der Waals surface area contributed by atoms with Gasteiger partial charge in [0.15, 0.2) is 0 Å². The maximum absolute atomic E-state index is 12.6. The molecule has 1 unspecified atom stereocenters. The molecule has 0 radical (unpaired) electrons. The van der Waals surface area contributed by atoms with Gasteiger partial charge in [0.2, 0.25) is 0 Å². The molecule has 1 aromatic carbocycles. The standard InChI is InChI=1S/C14H17F2N3S/c1-19(7-12-8-20-9-18-12)13(6-17)10-2-4-11(5-3-10)14(15)16/h2-5,8-9,13-14H,6-7,17H2,1H3. The largest absolute Gasteiger partial charge is 0.329 e. The summed E-state index contributed by atoms with van der Waals surface area (Å²) in [5.41, 5.74) is 9.57. The quantitative estimate of drug-likeness (QED) is 0.890. The van der Waals surface area contributed by atoms with Crippen LogP contribution in [0.15, 0.2) is 35.2 Å². The van der Waals surface area contributed by atoms with Crippen molar-refractivity contribution in [1.29, 1.82) is 0 Å². The third-order valence-corrected chi connectivity index (χ3v) is 3.86. The van der Waals surface area contributed by atoms with Gasteiger partial charge in [-0.25, -0.2) is 13.8 Å². The average Bonchev–Trinajstić information content (AvgIpc) is 2.93. The molecule has 2 aromatic rings. The summed E-state index contributed by atoms with van der Waals surface area (Å²) < 4.78 is 25.1. The summed E-state index contributed by atoms with van der Waals surface area (Å²) in [5.74, 6) is 0. The topological polar surface area (TPSA) is 42.2 Å². The molecule has 20 heavy (non-hydrogen) atoms. The van der Waals surface area contributed by atoms with Crippen molar-refractivity contribution in [3.05, 3.63) is 52.0 Å². The summed E-state index contributed by atoms with van der Waals surface area (Å²) in [6.45, 7) is 1.11. The molecule has 2 rings (SSSR count). The van der Waals surface area contributed by atoms with Gasteiger partial charge in [-0.05, 0) is 12.6 Å². The second-order valence-electron chi connectivity index (χ2n) is 4.61. The second-order valence-corrected chi connectivity index (χ2v) is 5.33. The normalized spacial score (nSPS) is 13.1. The van der Waals surface area contributed by atoms with Gasteiger partial charge in [-0.2, -0.15) is 0 Å². The molecule has 1 heterocycles. The fraction of sp³-hybridized carbons (Fsp3) is 0.357. The number of nitrogens with zero attached hydrogens (tertiary/aromatic N) is 2. The highest BCUT2D eigenvalue weighted by atomic mass is 32.1. The van der Waals surface area contributed by atoms with Crippen LogP contribution in [0, 0.1) is 0 Å². The molecule has 0 saturated carbocycles. The lowest BCUT2D eigenvalue weighted by atomic mass is 10.0. The van der Waals surface area contributed by atoms with Gasteiger partial charge in [0.05, 0.1) is 11.2 Å². The number of halogens is 2. The van der Waals surface area contributed by atoms with E-state index in [1.54, 1.807) is 29.0 Å². The number of aromatic nitrogens is 1. The Morgan fingerprint density at radius 1 is 1.25 bits per heavy atom. The zero-order valence-electron chi connectivity index (χ0n) is 11.2. The summed E-state index contributed by atoms with van der Waals surface area (Å²) in [6, 6.07) is 6.34. The molecule has 3 nitrogen and oxygen atoms in total. The first-order chi connectivity index (χ1) is 9.61. The molecule has 2 N–H and O–H groups in total. The number of alkyl halides is 2. The predicted molar refractivity (Wildman–Crippen MR) is 76.8 cm³/mol. The zero-order chi connectivity index (χ0) is 14.5. The number of benzene rings is 1. The third-order valence-electron chi connectivity index (χ3n) is 3.22. The molecule has 108 valence electrons. The molecule has 6 heteroatoms. The Hall–Kier alpha value is -1.37. The number of thiazole rings is 1. The van der Waals surface area contributed by atoms with Crippen molar-refractivity contribution in [3.8, 4) is 0 Å². The van der Waals surface area contributed by atoms with E-state index in [0.717, 1.165) is 11.3 Å². The number of nitrogens with two attached hydrogens (primary N) is 1. The van der Waals surface area contributed by atoms with Crippen LogP contribution in [-0.2, 0) is 6.54 Å². The van der Waals surface area contributed by atoms with E-state index in [1.807, 2.05) is 12.4 Å². The number of hydrogen-bond acceptors (Lipinski definition) is 4. The molecule has 1 atom stereocenters. The Bertz CT molecular complexity index is 514. The van der Waals surface area contributed by atoms with Gasteiger partial charge >= 0.3 is 0 Å². The second kappa shape index (κ2) is 6.88. The van der Waals surface area contributed by atoms with E-state index in [0.29, 0.717) is 13.1 Å². The van der Waals surface area contributed by atoms with Crippen molar-refractivity contribution in [2.75, 3.05) is 13.6 Å². The van der Waals surface area contributed by atoms with E-state index in [9.17, 15) is 8.78 Å². The van der Waals surface area contributed by atoms with E-state index in [1.165, 1.54) is 12.1 Å². The zero-order valence-corrected chi connectivity index (χ0v) is 12.0. The first kappa shape index (κ1) is 15.0. The number of likely N-dealkylation sites (N-methyl/N-ethyl adjacent to an activating group) is 1. The monoisotopic (exact) mass is 297 g/mol. The van der Waals surface area contributed by atoms with Gasteiger partial charge in [-0.1, -0.05) is 24.3 Å². The van der Waals surface area contributed by atoms with Crippen molar-refractivity contribution < 1.29 is 8.78 Å². The van der Waals surface area contributed by atoms with Crippen LogP contribution in [-0.4, -0.2) is 23.5 Å². The predicted octanol–water partition coefficient (Wildman–Crippen LogP) is 3.21. The maximum atomic E-state index is 12.6. The fourth-order valence-corrected chi connectivity index (χ4v) is 2.67. The smallest absolute Gasteiger partial charge is 0.263 e. The van der Waals surface area contributed by atoms with Crippen LogP contribution in [0.3, 0.4) is 0 Å². The SMILES string of the molecule is CN(Cc1cscn1)C(CN)c1ccc(C(F)F)cc1. The lowest BCUT2D eigenvalue weighted by Crippen LogP contribution is -2.30. The molecule has 0 aliphatic carbocycles. The number of rotatable bonds is 6. The Kier molecular flexibility index (Phi) is 5.17. The van der Waals surface area contributed by atoms with E-state index in [4.69, 9.17) is 5.73 Å². The molecular weight excluding hydrogens is 280 g/mol. The van der Waals surface area contributed by atoms with Crippen molar-refractivity contribution in [2.45, 2.75) is 19.0 Å². The van der Waals surface area contributed by atoms with Crippen LogP contribution in [0.25, 0.3) is 0 Å². The molecule has 0 fully saturated rings. The highest BCUT2D eigenvalue weighted by Crippen LogP contribution is 2.24. The van der Waals surface area contributed by atoms with E-state index in [2.05, 4.69) is 9.88 Å². The average molecular weight is 297 g/mol. The molecule has 0 bridgehead atoms. The van der Waals surface area contributed by atoms with Gasteiger partial charge in [-0.15, -0.1) is 11.3 Å². The fourth-order valence-electron chi connectivity index (χ4n) is 2.12. The minimum Gasteiger partial charge on any atom is -0.329 e. The molecule has 0 aliphatic heterocycles. The molecular formula is C14H17F2N3S. The van der Waals surface area contributed by atoms with Crippen molar-refractivity contribution in [3.63, 3.8) is 0 Å². The lowest BCUT2D eigenvalue weighted by Gasteiger charge is -2.26. The van der Waals surface area contributed by atoms with Crippen molar-refractivity contribution in [2.24, 2.45) is 5.73 Å². The highest BCUT2D eigenvalue weighted by molar-refractivity contribution is 7.07. The van der Waals surface area contributed by atoms with Gasteiger partial charge in [0.1, 0.15) is 0 Å². The molecule has 0 aliphatic rings. The van der Waals surface area contributed by atoms with Crippen molar-refractivity contribution in [1.82, 2.24) is 9.88 Å². The summed E-state index contributed by atoms with van der Waals surface area (Å²) >= 11 is 1.55. The van der Waals surface area contributed by atoms with Gasteiger partial charge in [-0.3, -0.25) is 4.90 Å². The summed E-state index contributed by atoms with van der Waals surface area (Å²) in [7, 11) is 1.96. The van der Waals surface area contributed by atoms with Crippen LogP contribution >= 0.6 is 11.3 Å². The van der Waals surface area contributed by atoms with E-state index in [-0.39, 0.29) is 11.6 Å². The molecule has 1 aromatic heterocycles. The highest BCUT2D eigenvalue weighted by Gasteiger charge is 2.17. The van der Waals surface area contributed by atoms with Crippen LogP contribution in [0.5, 0.6) is 0 Å². The Labute approximate surface area is 121 Å². The maximum Gasteiger partial charge on any atom is 0.263 e. The Morgan fingerprint density at radius 2 is 1.90 bits per heavy atom. The molecule has 0 saturated heterocycles. The third kappa shape index (κ3) is 3.59. The first-order valence-electron chi connectivity index (χ1n) is 6.27. The molecule has 0 amide bonds. The van der Waals surface area contributed by atoms with E-state index < -0.39 is 6.43 Å². The van der Waals surface area contributed by atoms with Crippen molar-refractivity contribution >= 4 is 11.3 Å². The van der Waals surface area contributed by atoms with Crippen LogP contribution in [0.2, 0.25) is 0 Å². The van der Waals surface area contributed by atoms with Crippen LogP contribution < -0.4 is 5.73 Å².